The van der Waals surface area contributed by atoms with E-state index in [-0.39, 0.29) is 58.5 Å². The highest BCUT2D eigenvalue weighted by molar-refractivity contribution is 5.67. The number of unbranched alkanes of at least 4 members (excludes halogenated alkanes) is 15. The van der Waals surface area contributed by atoms with E-state index in [0.717, 1.165) is 77.0 Å². The van der Waals surface area contributed by atoms with E-state index in [9.17, 15) is 45.0 Å². The number of hydrogen-bond acceptors (Lipinski definition) is 10. The summed E-state index contributed by atoms with van der Waals surface area (Å²) in [6.45, 7) is 10.7. The first kappa shape index (κ1) is 53.1. The molecule has 326 valence electrons. The summed E-state index contributed by atoms with van der Waals surface area (Å²) in [6.07, 6.45) is 17.1. The number of aliphatic carboxylic acids is 3. The van der Waals surface area contributed by atoms with Crippen molar-refractivity contribution >= 4 is 17.9 Å². The molecule has 0 aliphatic carbocycles. The van der Waals surface area contributed by atoms with Crippen LogP contribution in [0.15, 0.2) is 0 Å². The minimum atomic E-state index is -0.892. The van der Waals surface area contributed by atoms with Crippen LogP contribution in [0.4, 0.5) is 0 Å². The van der Waals surface area contributed by atoms with Crippen molar-refractivity contribution in [3.8, 4) is 0 Å². The lowest BCUT2D eigenvalue weighted by Gasteiger charge is -2.34. The summed E-state index contributed by atoms with van der Waals surface area (Å²) in [4.78, 5) is 42.1. The van der Waals surface area contributed by atoms with Gasteiger partial charge in [-0.05, 0) is 38.9 Å². The average Bonchev–Trinajstić information content (AvgIpc) is 3.12. The quantitative estimate of drug-likeness (QED) is 0.0410. The van der Waals surface area contributed by atoms with E-state index in [2.05, 4.69) is 20.8 Å². The monoisotopic (exact) mass is 789 g/mol. The molecule has 0 radical (unpaired) electrons. The van der Waals surface area contributed by atoms with Crippen molar-refractivity contribution in [2.24, 2.45) is 0 Å². The van der Waals surface area contributed by atoms with Gasteiger partial charge in [-0.1, -0.05) is 117 Å². The highest BCUT2D eigenvalue weighted by Gasteiger charge is 2.24. The van der Waals surface area contributed by atoms with Gasteiger partial charge in [0.05, 0.1) is 37.6 Å². The molecule has 0 rings (SSSR count). The first-order valence-corrected chi connectivity index (χ1v) is 22.0. The molecule has 55 heavy (non-hydrogen) atoms. The van der Waals surface area contributed by atoms with Crippen LogP contribution in [0, 0.1) is 0 Å². The minimum Gasteiger partial charge on any atom is -0.481 e. The molecule has 6 N–H and O–H groups in total. The molecular weight excluding hydrogens is 704 g/mol. The Morgan fingerprint density at radius 3 is 0.800 bits per heavy atom. The van der Waals surface area contributed by atoms with Gasteiger partial charge in [0.2, 0.25) is 0 Å². The second kappa shape index (κ2) is 36.5. The van der Waals surface area contributed by atoms with E-state index in [1.54, 1.807) is 0 Å². The maximum absolute atomic E-state index is 11.4. The molecule has 0 saturated carbocycles. The number of hydrogen-bond donors (Lipinski definition) is 6. The predicted molar refractivity (Wildman–Crippen MR) is 221 cm³/mol. The van der Waals surface area contributed by atoms with Gasteiger partial charge in [-0.3, -0.25) is 19.3 Å². The highest BCUT2D eigenvalue weighted by Crippen LogP contribution is 2.12. The number of carboxylic acid groups (broad SMARTS) is 3. The van der Waals surface area contributed by atoms with Crippen LogP contribution in [-0.4, -0.2) is 165 Å². The highest BCUT2D eigenvalue weighted by atomic mass is 16.4. The van der Waals surface area contributed by atoms with Crippen molar-refractivity contribution in [2.75, 3.05) is 78.5 Å². The minimum absolute atomic E-state index is 0.0285. The van der Waals surface area contributed by atoms with E-state index in [1.165, 1.54) is 38.5 Å². The molecule has 0 saturated heterocycles. The average molecular weight is 789 g/mol. The van der Waals surface area contributed by atoms with Crippen LogP contribution >= 0.6 is 0 Å². The smallest absolute Gasteiger partial charge is 0.304 e. The van der Waals surface area contributed by atoms with Crippen molar-refractivity contribution in [1.82, 2.24) is 19.6 Å². The van der Waals surface area contributed by atoms with Crippen molar-refractivity contribution < 1.29 is 45.0 Å². The number of rotatable bonds is 42. The molecule has 0 aliphatic heterocycles. The summed E-state index contributed by atoms with van der Waals surface area (Å²) in [6, 6.07) is 0. The van der Waals surface area contributed by atoms with E-state index in [4.69, 9.17) is 0 Å². The summed E-state index contributed by atoms with van der Waals surface area (Å²) >= 11 is 0. The molecule has 0 aliphatic rings. The zero-order chi connectivity index (χ0) is 41.1. The molecule has 13 heteroatoms. The van der Waals surface area contributed by atoms with Gasteiger partial charge in [0.15, 0.2) is 0 Å². The zero-order valence-electron chi connectivity index (χ0n) is 35.3. The normalized spacial score (nSPS) is 13.6. The second-order valence-electron chi connectivity index (χ2n) is 15.8. The molecule has 0 fully saturated rings. The third-order valence-corrected chi connectivity index (χ3v) is 10.2. The van der Waals surface area contributed by atoms with Crippen LogP contribution in [-0.2, 0) is 14.4 Å². The topological polar surface area (TPSA) is 186 Å². The van der Waals surface area contributed by atoms with Gasteiger partial charge >= 0.3 is 17.9 Å². The maximum atomic E-state index is 11.4. The third kappa shape index (κ3) is 35.1. The Labute approximate surface area is 334 Å². The van der Waals surface area contributed by atoms with E-state index in [1.807, 2.05) is 19.6 Å². The molecular formula is C42H84N4O9. The molecule has 0 aromatic carbocycles. The first-order chi connectivity index (χ1) is 26.4. The summed E-state index contributed by atoms with van der Waals surface area (Å²) < 4.78 is 0. The molecule has 0 bridgehead atoms. The Bertz CT molecular complexity index is 817. The largest absolute Gasteiger partial charge is 0.481 e. The summed E-state index contributed by atoms with van der Waals surface area (Å²) in [5.74, 6) is -2.67. The number of carbonyl (C=O) groups is 3. The number of aliphatic hydroxyl groups excluding tert-OH is 3. The fourth-order valence-corrected chi connectivity index (χ4v) is 7.18. The fourth-order valence-electron chi connectivity index (χ4n) is 7.18. The van der Waals surface area contributed by atoms with Crippen LogP contribution < -0.4 is 0 Å². The zero-order valence-corrected chi connectivity index (χ0v) is 35.3. The number of carboxylic acids is 3. The lowest BCUT2D eigenvalue weighted by Crippen LogP contribution is -2.49. The Hall–Kier alpha value is -1.87. The van der Waals surface area contributed by atoms with Gasteiger partial charge in [0, 0.05) is 58.9 Å². The van der Waals surface area contributed by atoms with Crippen molar-refractivity contribution in [3.63, 3.8) is 0 Å². The molecule has 0 heterocycles. The predicted octanol–water partition coefficient (Wildman–Crippen LogP) is 5.78. The standard InChI is InChI=1S/C42H84N4O9/c1-4-7-10-13-16-19-25-43(28-22-40(50)51)31-37(47)34-46(35-38(48)32-44(29-23-41(52)53)26-20-17-14-11-8-5-2)36-39(49)33-45(30-24-42(54)55)27-21-18-15-12-9-6-3/h37-39,47-49H,4-36H2,1-3H3,(H,50,51)(H,52,53)(H,54,55). The van der Waals surface area contributed by atoms with Gasteiger partial charge in [-0.15, -0.1) is 0 Å². The maximum Gasteiger partial charge on any atom is 0.304 e. The van der Waals surface area contributed by atoms with Crippen LogP contribution in [0.3, 0.4) is 0 Å². The Kier molecular flexibility index (Phi) is 35.2. The molecule has 0 amide bonds. The van der Waals surface area contributed by atoms with Gasteiger partial charge in [-0.25, -0.2) is 0 Å². The van der Waals surface area contributed by atoms with Crippen LogP contribution in [0.2, 0.25) is 0 Å². The van der Waals surface area contributed by atoms with Crippen molar-refractivity contribution in [3.05, 3.63) is 0 Å². The third-order valence-electron chi connectivity index (χ3n) is 10.2. The molecule has 0 spiro atoms. The number of aliphatic hydroxyl groups is 3. The van der Waals surface area contributed by atoms with E-state index in [0.29, 0.717) is 39.3 Å². The number of nitrogens with zero attached hydrogens (tertiary/aromatic N) is 4. The first-order valence-electron chi connectivity index (χ1n) is 22.0. The lowest BCUT2D eigenvalue weighted by molar-refractivity contribution is -0.138. The van der Waals surface area contributed by atoms with Gasteiger partial charge < -0.3 is 45.3 Å². The van der Waals surface area contributed by atoms with Gasteiger partial charge in [0.1, 0.15) is 0 Å². The molecule has 0 aromatic rings. The van der Waals surface area contributed by atoms with Crippen LogP contribution in [0.5, 0.6) is 0 Å². The van der Waals surface area contributed by atoms with Gasteiger partial charge in [-0.2, -0.15) is 0 Å². The fraction of sp³-hybridized carbons (Fsp3) is 0.929. The summed E-state index contributed by atoms with van der Waals surface area (Å²) in [5.41, 5.74) is 0. The molecule has 13 nitrogen and oxygen atoms in total. The Balaban J connectivity index is 5.79. The lowest BCUT2D eigenvalue weighted by atomic mass is 10.1. The second-order valence-corrected chi connectivity index (χ2v) is 15.8. The molecule has 3 atom stereocenters. The van der Waals surface area contributed by atoms with Crippen molar-refractivity contribution in [1.29, 1.82) is 0 Å². The summed E-state index contributed by atoms with van der Waals surface area (Å²) in [7, 11) is 0. The van der Waals surface area contributed by atoms with Crippen molar-refractivity contribution in [2.45, 2.75) is 174 Å². The molecule has 0 aromatic heterocycles. The van der Waals surface area contributed by atoms with Crippen LogP contribution in [0.1, 0.15) is 156 Å². The SMILES string of the molecule is CCCCCCCCN(CCC(=O)O)CC(O)CN(CC(O)CN(CCCCCCCC)CCC(=O)O)CC(O)CN(CCCCCCCC)CCC(=O)O. The van der Waals surface area contributed by atoms with E-state index < -0.39 is 36.2 Å². The summed E-state index contributed by atoms with van der Waals surface area (Å²) in [5, 5.41) is 62.2. The Morgan fingerprint density at radius 1 is 0.345 bits per heavy atom. The van der Waals surface area contributed by atoms with Gasteiger partial charge in [0.25, 0.3) is 0 Å². The Morgan fingerprint density at radius 2 is 0.564 bits per heavy atom. The van der Waals surface area contributed by atoms with Crippen LogP contribution in [0.25, 0.3) is 0 Å². The van der Waals surface area contributed by atoms with E-state index >= 15 is 0 Å². The molecule has 3 unspecified atom stereocenters.